The predicted octanol–water partition coefficient (Wildman–Crippen LogP) is 1.92. The molecule has 0 saturated carbocycles. The van der Waals surface area contributed by atoms with E-state index in [0.29, 0.717) is 16.9 Å². The SMILES string of the molecule is Cc1[nH]ncc1S(=O)(=O)Nc1ccc(Br)cc1C(N)=S. The quantitative estimate of drug-likeness (QED) is 0.709. The lowest BCUT2D eigenvalue weighted by atomic mass is 10.2. The molecule has 0 aliphatic heterocycles. The van der Waals surface area contributed by atoms with Gasteiger partial charge < -0.3 is 5.73 Å². The molecule has 1 heterocycles. The molecule has 6 nitrogen and oxygen atoms in total. The van der Waals surface area contributed by atoms with Crippen LogP contribution in [-0.2, 0) is 10.0 Å². The van der Waals surface area contributed by atoms with Crippen LogP contribution < -0.4 is 10.5 Å². The first-order valence-electron chi connectivity index (χ1n) is 5.43. The molecule has 0 radical (unpaired) electrons. The molecule has 1 aromatic carbocycles. The number of hydrogen-bond donors (Lipinski definition) is 3. The summed E-state index contributed by atoms with van der Waals surface area (Å²) in [6.07, 6.45) is 1.25. The standard InChI is InChI=1S/C11H11BrN4O2S2/c1-6-10(5-14-15-6)20(17,18)16-9-3-2-7(12)4-8(9)11(13)19/h2-5,16H,1H3,(H2,13,19)(H,14,15). The molecule has 2 aromatic rings. The van der Waals surface area contributed by atoms with Gasteiger partial charge in [0.1, 0.15) is 9.88 Å². The minimum atomic E-state index is -3.74. The Morgan fingerprint density at radius 3 is 2.75 bits per heavy atom. The number of nitrogens with one attached hydrogen (secondary N) is 2. The topological polar surface area (TPSA) is 101 Å². The molecule has 0 spiro atoms. The van der Waals surface area contributed by atoms with Gasteiger partial charge in [0.15, 0.2) is 0 Å². The number of anilines is 1. The van der Waals surface area contributed by atoms with Crippen LogP contribution in [0.2, 0.25) is 0 Å². The van der Waals surface area contributed by atoms with Gasteiger partial charge in [0, 0.05) is 10.0 Å². The van der Waals surface area contributed by atoms with Crippen molar-refractivity contribution in [1.29, 1.82) is 0 Å². The summed E-state index contributed by atoms with van der Waals surface area (Å²) >= 11 is 8.21. The van der Waals surface area contributed by atoms with Crippen LogP contribution in [0.15, 0.2) is 33.8 Å². The van der Waals surface area contributed by atoms with Crippen molar-refractivity contribution in [2.75, 3.05) is 4.72 Å². The van der Waals surface area contributed by atoms with E-state index in [1.165, 1.54) is 6.20 Å². The van der Waals surface area contributed by atoms with E-state index in [1.54, 1.807) is 25.1 Å². The normalized spacial score (nSPS) is 11.3. The van der Waals surface area contributed by atoms with Gasteiger partial charge >= 0.3 is 0 Å². The van der Waals surface area contributed by atoms with Gasteiger partial charge in [0.2, 0.25) is 0 Å². The number of hydrogen-bond acceptors (Lipinski definition) is 4. The second kappa shape index (κ2) is 5.51. The average molecular weight is 375 g/mol. The van der Waals surface area contributed by atoms with E-state index >= 15 is 0 Å². The van der Waals surface area contributed by atoms with E-state index in [4.69, 9.17) is 18.0 Å². The van der Waals surface area contributed by atoms with E-state index < -0.39 is 10.0 Å². The van der Waals surface area contributed by atoms with Crippen molar-refractivity contribution in [1.82, 2.24) is 10.2 Å². The Balaban J connectivity index is 2.45. The molecule has 0 aliphatic rings. The summed E-state index contributed by atoms with van der Waals surface area (Å²) in [5.41, 5.74) is 6.82. The molecule has 0 saturated heterocycles. The van der Waals surface area contributed by atoms with Crippen LogP contribution in [0.5, 0.6) is 0 Å². The summed E-state index contributed by atoms with van der Waals surface area (Å²) in [6.45, 7) is 1.62. The Morgan fingerprint density at radius 1 is 1.50 bits per heavy atom. The fourth-order valence-electron chi connectivity index (χ4n) is 1.62. The summed E-state index contributed by atoms with van der Waals surface area (Å²) in [7, 11) is -3.74. The zero-order valence-corrected chi connectivity index (χ0v) is 13.6. The number of aromatic amines is 1. The first kappa shape index (κ1) is 14.9. The van der Waals surface area contributed by atoms with Crippen LogP contribution in [0.3, 0.4) is 0 Å². The Labute approximate surface area is 129 Å². The fourth-order valence-corrected chi connectivity index (χ4v) is 3.37. The maximum Gasteiger partial charge on any atom is 0.265 e. The van der Waals surface area contributed by atoms with Gasteiger partial charge in [-0.15, -0.1) is 0 Å². The second-order valence-electron chi connectivity index (χ2n) is 4.02. The third kappa shape index (κ3) is 3.00. The second-order valence-corrected chi connectivity index (χ2v) is 7.03. The number of aromatic nitrogens is 2. The fraction of sp³-hybridized carbons (Fsp3) is 0.0909. The van der Waals surface area contributed by atoms with E-state index in [1.807, 2.05) is 0 Å². The summed E-state index contributed by atoms with van der Waals surface area (Å²) < 4.78 is 27.8. The van der Waals surface area contributed by atoms with Gasteiger partial charge in [-0.25, -0.2) is 8.42 Å². The summed E-state index contributed by atoms with van der Waals surface area (Å²) in [4.78, 5) is 0.183. The Morgan fingerprint density at radius 2 is 2.20 bits per heavy atom. The monoisotopic (exact) mass is 374 g/mol. The molecule has 20 heavy (non-hydrogen) atoms. The molecular weight excluding hydrogens is 364 g/mol. The van der Waals surface area contributed by atoms with Gasteiger partial charge in [0.05, 0.1) is 17.6 Å². The van der Waals surface area contributed by atoms with Crippen molar-refractivity contribution in [3.63, 3.8) is 0 Å². The van der Waals surface area contributed by atoms with Gasteiger partial charge in [-0.3, -0.25) is 9.82 Å². The van der Waals surface area contributed by atoms with E-state index in [9.17, 15) is 8.42 Å². The van der Waals surface area contributed by atoms with Gasteiger partial charge in [0.25, 0.3) is 10.0 Å². The first-order valence-corrected chi connectivity index (χ1v) is 8.12. The van der Waals surface area contributed by atoms with Gasteiger partial charge in [-0.2, -0.15) is 5.10 Å². The maximum atomic E-state index is 12.3. The largest absolute Gasteiger partial charge is 0.389 e. The molecule has 0 fully saturated rings. The molecular formula is C11H11BrN4O2S2. The Kier molecular flexibility index (Phi) is 4.11. The summed E-state index contributed by atoms with van der Waals surface area (Å²) in [5, 5.41) is 6.28. The number of nitrogens with zero attached hydrogens (tertiary/aromatic N) is 1. The highest BCUT2D eigenvalue weighted by Gasteiger charge is 2.20. The minimum Gasteiger partial charge on any atom is -0.389 e. The molecule has 9 heteroatoms. The molecule has 0 unspecified atom stereocenters. The third-order valence-electron chi connectivity index (χ3n) is 2.56. The average Bonchev–Trinajstić information content (AvgIpc) is 2.78. The van der Waals surface area contributed by atoms with Gasteiger partial charge in [-0.1, -0.05) is 28.1 Å². The lowest BCUT2D eigenvalue weighted by Crippen LogP contribution is -2.18. The predicted molar refractivity (Wildman–Crippen MR) is 84.2 cm³/mol. The number of thiocarbonyl (C=S) groups is 1. The first-order chi connectivity index (χ1) is 9.31. The van der Waals surface area contributed by atoms with E-state index in [2.05, 4.69) is 30.8 Å². The van der Waals surface area contributed by atoms with Crippen LogP contribution in [0.4, 0.5) is 5.69 Å². The van der Waals surface area contributed by atoms with Crippen LogP contribution in [0.25, 0.3) is 0 Å². The highest BCUT2D eigenvalue weighted by molar-refractivity contribution is 9.10. The smallest absolute Gasteiger partial charge is 0.265 e. The lowest BCUT2D eigenvalue weighted by molar-refractivity contribution is 0.600. The number of sulfonamides is 1. The molecule has 0 amide bonds. The van der Waals surface area contributed by atoms with Crippen molar-refractivity contribution in [2.24, 2.45) is 5.73 Å². The Bertz CT molecular complexity index is 770. The maximum absolute atomic E-state index is 12.3. The van der Waals surface area contributed by atoms with Crippen LogP contribution >= 0.6 is 28.1 Å². The van der Waals surface area contributed by atoms with Gasteiger partial charge in [-0.05, 0) is 25.1 Å². The molecule has 0 aliphatic carbocycles. The van der Waals surface area contributed by atoms with Crippen molar-refractivity contribution >= 4 is 48.8 Å². The molecule has 106 valence electrons. The summed E-state index contributed by atoms with van der Waals surface area (Å²) in [5.74, 6) is 0. The van der Waals surface area contributed by atoms with Crippen LogP contribution in [-0.4, -0.2) is 23.6 Å². The number of halogens is 1. The number of aryl methyl sites for hydroxylation is 1. The molecule has 0 atom stereocenters. The highest BCUT2D eigenvalue weighted by Crippen LogP contribution is 2.24. The number of H-pyrrole nitrogens is 1. The number of benzene rings is 1. The van der Waals surface area contributed by atoms with E-state index in [0.717, 1.165) is 4.47 Å². The summed E-state index contributed by atoms with van der Waals surface area (Å²) in [6, 6.07) is 4.94. The molecule has 1 aromatic heterocycles. The van der Waals surface area contributed by atoms with Crippen molar-refractivity contribution in [3.05, 3.63) is 40.1 Å². The van der Waals surface area contributed by atoms with Crippen molar-refractivity contribution < 1.29 is 8.42 Å². The minimum absolute atomic E-state index is 0.0781. The number of rotatable bonds is 4. The van der Waals surface area contributed by atoms with Crippen LogP contribution in [0, 0.1) is 6.92 Å². The zero-order valence-electron chi connectivity index (χ0n) is 10.3. The number of nitrogens with two attached hydrogens (primary N) is 1. The van der Waals surface area contributed by atoms with Crippen LogP contribution in [0.1, 0.15) is 11.3 Å². The molecule has 4 N–H and O–H groups in total. The van der Waals surface area contributed by atoms with Crippen molar-refractivity contribution in [2.45, 2.75) is 11.8 Å². The molecule has 0 bridgehead atoms. The zero-order chi connectivity index (χ0) is 14.9. The molecule has 2 rings (SSSR count). The third-order valence-corrected chi connectivity index (χ3v) is 4.76. The highest BCUT2D eigenvalue weighted by atomic mass is 79.9. The van der Waals surface area contributed by atoms with E-state index in [-0.39, 0.29) is 9.88 Å². The lowest BCUT2D eigenvalue weighted by Gasteiger charge is -2.11. The Hall–Kier alpha value is -1.45. The van der Waals surface area contributed by atoms with Crippen molar-refractivity contribution in [3.8, 4) is 0 Å².